The van der Waals surface area contributed by atoms with Crippen LogP contribution in [0.4, 0.5) is 0 Å². The normalized spacial score (nSPS) is 14.5. The molecule has 0 saturated heterocycles. The molecule has 0 fully saturated rings. The van der Waals surface area contributed by atoms with E-state index in [1.165, 1.54) is 167 Å². The third-order valence-corrected chi connectivity index (χ3v) is 19.3. The molecule has 0 aliphatic heterocycles. The number of esters is 4. The fourth-order valence-corrected chi connectivity index (χ4v) is 12.7. The van der Waals surface area contributed by atoms with Gasteiger partial charge in [0.25, 0.3) is 0 Å². The van der Waals surface area contributed by atoms with Crippen LogP contribution in [-0.2, 0) is 65.4 Å². The van der Waals surface area contributed by atoms with Crippen LogP contribution >= 0.6 is 15.6 Å². The highest BCUT2D eigenvalue weighted by atomic mass is 31.2. The van der Waals surface area contributed by atoms with Crippen LogP contribution in [0.25, 0.3) is 0 Å². The highest BCUT2D eigenvalue weighted by Crippen LogP contribution is 2.45. The molecule has 0 aliphatic rings. The summed E-state index contributed by atoms with van der Waals surface area (Å²) in [5, 5.41) is 10.6. The molecule has 0 heterocycles. The minimum absolute atomic E-state index is 0.105. The minimum Gasteiger partial charge on any atom is -0.462 e. The van der Waals surface area contributed by atoms with Gasteiger partial charge >= 0.3 is 39.5 Å². The Kier molecular flexibility index (Phi) is 62.2. The average molecular weight is 1370 g/mol. The molecular formula is C74H144O17P2. The predicted molar refractivity (Wildman–Crippen MR) is 377 cm³/mol. The zero-order valence-electron chi connectivity index (χ0n) is 60.9. The summed E-state index contributed by atoms with van der Waals surface area (Å²) in [5.41, 5.74) is 0. The van der Waals surface area contributed by atoms with Crippen molar-refractivity contribution < 1.29 is 80.2 Å². The van der Waals surface area contributed by atoms with E-state index < -0.39 is 97.5 Å². The van der Waals surface area contributed by atoms with Crippen LogP contribution in [0.5, 0.6) is 0 Å². The molecule has 3 N–H and O–H groups in total. The van der Waals surface area contributed by atoms with Crippen molar-refractivity contribution in [1.29, 1.82) is 0 Å². The molecule has 552 valence electrons. The first-order valence-corrected chi connectivity index (χ1v) is 41.2. The van der Waals surface area contributed by atoms with Gasteiger partial charge in [-0.05, 0) is 49.4 Å². The topological polar surface area (TPSA) is 237 Å². The lowest BCUT2D eigenvalue weighted by atomic mass is 9.99. The molecule has 0 aromatic heterocycles. The summed E-state index contributed by atoms with van der Waals surface area (Å²) >= 11 is 0. The lowest BCUT2D eigenvalue weighted by Crippen LogP contribution is -2.30. The van der Waals surface area contributed by atoms with Crippen LogP contribution in [0.1, 0.15) is 370 Å². The van der Waals surface area contributed by atoms with Crippen molar-refractivity contribution in [3.05, 3.63) is 0 Å². The fraction of sp³-hybridized carbons (Fsp3) is 0.946. The molecule has 0 spiro atoms. The van der Waals surface area contributed by atoms with Gasteiger partial charge in [0.05, 0.1) is 26.4 Å². The SMILES string of the molecule is CCC(C)CCCCCCCCCCC(=O)O[C@H](COC(=O)CCCCCCCCCCCCCCCCC(C)C)COP(=O)(O)OCC(O)COP(=O)(O)OC[C@@H](COC(=O)CCCCCCCCCC(C)C)OC(=O)CCCCCCCCCCCCCC(C)C. The van der Waals surface area contributed by atoms with Crippen LogP contribution < -0.4 is 0 Å². The van der Waals surface area contributed by atoms with Crippen LogP contribution in [0.15, 0.2) is 0 Å². The number of carbonyl (C=O) groups excluding carboxylic acids is 4. The number of hydrogen-bond acceptors (Lipinski definition) is 15. The number of phosphoric ester groups is 2. The maximum atomic E-state index is 13.1. The Morgan fingerprint density at radius 2 is 0.516 bits per heavy atom. The minimum atomic E-state index is -4.96. The second kappa shape index (κ2) is 63.5. The van der Waals surface area contributed by atoms with E-state index in [4.69, 9.17) is 37.0 Å². The van der Waals surface area contributed by atoms with Crippen molar-refractivity contribution in [1.82, 2.24) is 0 Å². The lowest BCUT2D eigenvalue weighted by Gasteiger charge is -2.21. The number of phosphoric acid groups is 2. The van der Waals surface area contributed by atoms with Crippen LogP contribution in [0.2, 0.25) is 0 Å². The van der Waals surface area contributed by atoms with Crippen molar-refractivity contribution in [2.24, 2.45) is 23.7 Å². The van der Waals surface area contributed by atoms with Gasteiger partial charge in [-0.15, -0.1) is 0 Å². The molecule has 17 nitrogen and oxygen atoms in total. The molecule has 0 aliphatic carbocycles. The molecule has 93 heavy (non-hydrogen) atoms. The summed E-state index contributed by atoms with van der Waals surface area (Å²) in [6.07, 6.45) is 47.2. The quantitative estimate of drug-likeness (QED) is 0.0222. The Morgan fingerprint density at radius 1 is 0.301 bits per heavy atom. The monoisotopic (exact) mass is 1370 g/mol. The summed E-state index contributed by atoms with van der Waals surface area (Å²) in [4.78, 5) is 72.7. The zero-order chi connectivity index (χ0) is 68.9. The lowest BCUT2D eigenvalue weighted by molar-refractivity contribution is -0.161. The second-order valence-corrected chi connectivity index (χ2v) is 31.3. The molecule has 0 amide bonds. The van der Waals surface area contributed by atoms with Crippen molar-refractivity contribution in [2.75, 3.05) is 39.6 Å². The van der Waals surface area contributed by atoms with E-state index in [-0.39, 0.29) is 25.7 Å². The Labute approximate surface area is 568 Å². The average Bonchev–Trinajstić information content (AvgIpc) is 2.51. The first-order chi connectivity index (χ1) is 44.6. The first kappa shape index (κ1) is 91.1. The van der Waals surface area contributed by atoms with Crippen LogP contribution in [-0.4, -0.2) is 96.7 Å². The van der Waals surface area contributed by atoms with E-state index in [1.807, 2.05) is 0 Å². The van der Waals surface area contributed by atoms with Gasteiger partial charge in [0, 0.05) is 25.7 Å². The van der Waals surface area contributed by atoms with E-state index in [9.17, 15) is 43.2 Å². The smallest absolute Gasteiger partial charge is 0.462 e. The van der Waals surface area contributed by atoms with Crippen molar-refractivity contribution in [2.45, 2.75) is 388 Å². The number of carbonyl (C=O) groups is 4. The first-order valence-electron chi connectivity index (χ1n) is 38.2. The molecule has 0 aromatic carbocycles. The highest BCUT2D eigenvalue weighted by Gasteiger charge is 2.30. The van der Waals surface area contributed by atoms with E-state index in [2.05, 4.69) is 55.4 Å². The van der Waals surface area contributed by atoms with Crippen LogP contribution in [0.3, 0.4) is 0 Å². The molecule has 0 aromatic rings. The van der Waals surface area contributed by atoms with Crippen molar-refractivity contribution in [3.8, 4) is 0 Å². The number of ether oxygens (including phenoxy) is 4. The highest BCUT2D eigenvalue weighted by molar-refractivity contribution is 7.47. The van der Waals surface area contributed by atoms with Gasteiger partial charge in [0.1, 0.15) is 19.3 Å². The summed E-state index contributed by atoms with van der Waals surface area (Å²) < 4.78 is 68.4. The van der Waals surface area contributed by atoms with E-state index in [0.717, 1.165) is 114 Å². The van der Waals surface area contributed by atoms with Crippen molar-refractivity contribution >= 4 is 39.5 Å². The van der Waals surface area contributed by atoms with Gasteiger partial charge in [-0.2, -0.15) is 0 Å². The van der Waals surface area contributed by atoms with Crippen molar-refractivity contribution in [3.63, 3.8) is 0 Å². The zero-order valence-corrected chi connectivity index (χ0v) is 62.7. The third-order valence-electron chi connectivity index (χ3n) is 17.4. The number of unbranched alkanes of at least 4 members (excludes halogenated alkanes) is 36. The Morgan fingerprint density at radius 3 is 0.763 bits per heavy atom. The maximum Gasteiger partial charge on any atom is 0.472 e. The van der Waals surface area contributed by atoms with Gasteiger partial charge < -0.3 is 33.8 Å². The molecule has 0 saturated carbocycles. The Balaban J connectivity index is 5.24. The number of aliphatic hydroxyl groups excluding tert-OH is 1. The Hall–Kier alpha value is -1.94. The molecule has 0 radical (unpaired) electrons. The largest absolute Gasteiger partial charge is 0.472 e. The molecule has 4 unspecified atom stereocenters. The molecule has 19 heteroatoms. The van der Waals surface area contributed by atoms with Gasteiger partial charge in [0.15, 0.2) is 12.2 Å². The number of hydrogen-bond donors (Lipinski definition) is 3. The van der Waals surface area contributed by atoms with Gasteiger partial charge in [-0.3, -0.25) is 37.3 Å². The molecule has 6 atom stereocenters. The summed E-state index contributed by atoms with van der Waals surface area (Å²) in [6, 6.07) is 0. The second-order valence-electron chi connectivity index (χ2n) is 28.4. The fourth-order valence-electron chi connectivity index (χ4n) is 11.2. The third kappa shape index (κ3) is 67.0. The molecule has 0 bridgehead atoms. The summed E-state index contributed by atoms with van der Waals surface area (Å²) in [7, 11) is -9.91. The van der Waals surface area contributed by atoms with E-state index >= 15 is 0 Å². The molecule has 0 rings (SSSR count). The van der Waals surface area contributed by atoms with Gasteiger partial charge in [-0.1, -0.05) is 319 Å². The number of rotatable bonds is 71. The predicted octanol–water partition coefficient (Wildman–Crippen LogP) is 21.3. The van der Waals surface area contributed by atoms with Gasteiger partial charge in [0.2, 0.25) is 0 Å². The maximum absolute atomic E-state index is 13.1. The van der Waals surface area contributed by atoms with Crippen LogP contribution in [0, 0.1) is 23.7 Å². The van der Waals surface area contributed by atoms with E-state index in [1.54, 1.807) is 0 Å². The summed E-state index contributed by atoms with van der Waals surface area (Å²) in [6.45, 7) is 14.2. The Bertz CT molecular complexity index is 1840. The number of aliphatic hydroxyl groups is 1. The van der Waals surface area contributed by atoms with E-state index in [0.29, 0.717) is 31.6 Å². The summed E-state index contributed by atoms with van der Waals surface area (Å²) in [5.74, 6) is 0.914. The molecular weight excluding hydrogens is 1220 g/mol. The standard InChI is InChI=1S/C74H144O17P2/c1-9-67(8)53-45-37-29-23-24-32-41-49-57-74(79)91-69(60-84-71(76)54-46-38-30-21-17-13-11-10-12-15-19-26-34-42-50-64(2)3)62-88-92(80,81)86-58-68(75)59-87-93(82,83)89-63-70(61-85-72(77)55-47-39-33-25-28-36-44-52-66(6)7)90-73(78)56-48-40-31-22-18-14-16-20-27-35-43-51-65(4)5/h64-70,75H,9-63H2,1-8H3,(H,80,81)(H,82,83)/t67?,68?,69-,70-/m1/s1. The van der Waals surface area contributed by atoms with Gasteiger partial charge in [-0.25, -0.2) is 9.13 Å².